The molecule has 4 nitrogen and oxygen atoms in total. The van der Waals surface area contributed by atoms with Gasteiger partial charge in [0.05, 0.1) is 23.0 Å². The molecule has 30 heavy (non-hydrogen) atoms. The lowest BCUT2D eigenvalue weighted by atomic mass is 10.0. The predicted octanol–water partition coefficient (Wildman–Crippen LogP) is 6.25. The van der Waals surface area contributed by atoms with Crippen LogP contribution in [-0.2, 0) is 16.1 Å². The smallest absolute Gasteiger partial charge is 0.308 e. The summed E-state index contributed by atoms with van der Waals surface area (Å²) >= 11 is 18.4. The number of halogens is 3. The van der Waals surface area contributed by atoms with Crippen LogP contribution in [0.5, 0.6) is 0 Å². The number of amides is 1. The molecule has 0 bridgehead atoms. The van der Waals surface area contributed by atoms with Crippen LogP contribution in [0.15, 0.2) is 72.8 Å². The summed E-state index contributed by atoms with van der Waals surface area (Å²) in [6.45, 7) is -0.0582. The molecule has 154 valence electrons. The summed E-state index contributed by atoms with van der Waals surface area (Å²) < 4.78 is 5.37. The molecule has 0 fully saturated rings. The highest BCUT2D eigenvalue weighted by Crippen LogP contribution is 2.26. The summed E-state index contributed by atoms with van der Waals surface area (Å²) in [6.07, 6.45) is -0.0672. The molecule has 0 aliphatic rings. The quantitative estimate of drug-likeness (QED) is 0.422. The molecule has 0 radical (unpaired) electrons. The molecule has 3 aromatic carbocycles. The molecular weight excluding hydrogens is 445 g/mol. The molecule has 3 aromatic rings. The van der Waals surface area contributed by atoms with Crippen LogP contribution in [0, 0.1) is 0 Å². The van der Waals surface area contributed by atoms with Gasteiger partial charge in [-0.2, -0.15) is 0 Å². The van der Waals surface area contributed by atoms with Gasteiger partial charge in [0.25, 0.3) is 5.91 Å². The minimum Gasteiger partial charge on any atom is -0.461 e. The number of nitrogens with one attached hydrogen (secondary N) is 1. The van der Waals surface area contributed by atoms with Crippen LogP contribution in [0.1, 0.15) is 33.9 Å². The molecule has 0 aliphatic carbocycles. The van der Waals surface area contributed by atoms with E-state index in [0.29, 0.717) is 26.2 Å². The predicted molar refractivity (Wildman–Crippen MR) is 119 cm³/mol. The molecule has 0 heterocycles. The molecule has 3 rings (SSSR count). The Balaban J connectivity index is 1.72. The Morgan fingerprint density at radius 3 is 2.07 bits per heavy atom. The Kier molecular flexibility index (Phi) is 7.75. The number of carbonyl (C=O) groups is 2. The lowest BCUT2D eigenvalue weighted by Crippen LogP contribution is -2.30. The summed E-state index contributed by atoms with van der Waals surface area (Å²) in [4.78, 5) is 25.2. The Bertz CT molecular complexity index is 1020. The molecule has 0 saturated carbocycles. The molecule has 0 aliphatic heterocycles. The van der Waals surface area contributed by atoms with Crippen LogP contribution in [0.2, 0.25) is 15.1 Å². The van der Waals surface area contributed by atoms with E-state index in [0.717, 1.165) is 5.56 Å². The summed E-state index contributed by atoms with van der Waals surface area (Å²) in [5.74, 6) is -0.879. The molecule has 0 spiro atoms. The Labute approximate surface area is 189 Å². The Morgan fingerprint density at radius 1 is 0.800 bits per heavy atom. The van der Waals surface area contributed by atoms with Crippen molar-refractivity contribution in [2.24, 2.45) is 0 Å². The molecule has 1 amide bonds. The van der Waals surface area contributed by atoms with Gasteiger partial charge in [-0.3, -0.25) is 9.59 Å². The molecule has 1 N–H and O–H groups in total. The number of ether oxygens (including phenoxy) is 1. The van der Waals surface area contributed by atoms with Crippen molar-refractivity contribution in [2.45, 2.75) is 19.1 Å². The van der Waals surface area contributed by atoms with Crippen molar-refractivity contribution in [3.8, 4) is 0 Å². The summed E-state index contributed by atoms with van der Waals surface area (Å²) in [5, 5.41) is 4.03. The maximum atomic E-state index is 12.7. The topological polar surface area (TPSA) is 55.4 Å². The molecule has 1 atom stereocenters. The third kappa shape index (κ3) is 5.76. The van der Waals surface area contributed by atoms with Gasteiger partial charge in [-0.15, -0.1) is 0 Å². The summed E-state index contributed by atoms with van der Waals surface area (Å²) in [5.41, 5.74) is 1.63. The van der Waals surface area contributed by atoms with E-state index in [4.69, 9.17) is 39.5 Å². The van der Waals surface area contributed by atoms with Gasteiger partial charge in [0.2, 0.25) is 0 Å². The molecule has 7 heteroatoms. The highest BCUT2D eigenvalue weighted by Gasteiger charge is 2.21. The van der Waals surface area contributed by atoms with E-state index < -0.39 is 12.0 Å². The number of esters is 1. The van der Waals surface area contributed by atoms with Crippen molar-refractivity contribution in [3.63, 3.8) is 0 Å². The fourth-order valence-electron chi connectivity index (χ4n) is 2.87. The third-order valence-electron chi connectivity index (χ3n) is 4.44. The first kappa shape index (κ1) is 22.2. The highest BCUT2D eigenvalue weighted by atomic mass is 35.5. The number of hydrogen-bond donors (Lipinski definition) is 1. The van der Waals surface area contributed by atoms with Gasteiger partial charge in [0.1, 0.15) is 6.61 Å². The molecule has 0 aromatic heterocycles. The molecular formula is C23H18Cl3NO3. The number of rotatable bonds is 7. The van der Waals surface area contributed by atoms with E-state index in [9.17, 15) is 9.59 Å². The lowest BCUT2D eigenvalue weighted by molar-refractivity contribution is -0.145. The van der Waals surface area contributed by atoms with Crippen LogP contribution in [0.3, 0.4) is 0 Å². The van der Waals surface area contributed by atoms with Crippen molar-refractivity contribution in [1.29, 1.82) is 0 Å². The largest absolute Gasteiger partial charge is 0.461 e. The van der Waals surface area contributed by atoms with E-state index in [1.165, 1.54) is 0 Å². The first-order valence-corrected chi connectivity index (χ1v) is 10.3. The zero-order valence-electron chi connectivity index (χ0n) is 15.8. The Hall–Kier alpha value is -2.53. The maximum Gasteiger partial charge on any atom is 0.308 e. The van der Waals surface area contributed by atoms with Gasteiger partial charge in [-0.1, -0.05) is 83.3 Å². The van der Waals surface area contributed by atoms with Gasteiger partial charge in [-0.25, -0.2) is 0 Å². The lowest BCUT2D eigenvalue weighted by Gasteiger charge is -2.19. The van der Waals surface area contributed by atoms with E-state index in [1.54, 1.807) is 42.5 Å². The number of benzene rings is 3. The highest BCUT2D eigenvalue weighted by molar-refractivity contribution is 6.36. The SMILES string of the molecule is O=C(C[C@H](NC(=O)c1ccccc1Cl)c1ccccc1)OCc1c(Cl)cccc1Cl. The molecule has 0 unspecified atom stereocenters. The second kappa shape index (κ2) is 10.5. The van der Waals surface area contributed by atoms with Crippen LogP contribution in [-0.4, -0.2) is 11.9 Å². The van der Waals surface area contributed by atoms with E-state index in [-0.39, 0.29) is 18.9 Å². The van der Waals surface area contributed by atoms with E-state index >= 15 is 0 Å². The van der Waals surface area contributed by atoms with E-state index in [2.05, 4.69) is 5.32 Å². The van der Waals surface area contributed by atoms with Gasteiger partial charge < -0.3 is 10.1 Å². The fraction of sp³-hybridized carbons (Fsp3) is 0.130. The number of hydrogen-bond acceptors (Lipinski definition) is 3. The van der Waals surface area contributed by atoms with Crippen LogP contribution < -0.4 is 5.32 Å². The number of carbonyl (C=O) groups excluding carboxylic acids is 2. The average Bonchev–Trinajstić information content (AvgIpc) is 2.74. The normalized spacial score (nSPS) is 11.6. The van der Waals surface area contributed by atoms with Crippen LogP contribution in [0.25, 0.3) is 0 Å². The minimum absolute atomic E-state index is 0.0582. The first-order valence-electron chi connectivity index (χ1n) is 9.14. The zero-order valence-corrected chi connectivity index (χ0v) is 18.0. The average molecular weight is 463 g/mol. The fourth-order valence-corrected chi connectivity index (χ4v) is 3.60. The third-order valence-corrected chi connectivity index (χ3v) is 5.47. The zero-order chi connectivity index (χ0) is 21.5. The standard InChI is InChI=1S/C23H18Cl3NO3/c24-18-10-5-4-9-16(18)23(29)27-21(15-7-2-1-3-8-15)13-22(28)30-14-17-19(25)11-6-12-20(17)26/h1-12,21H,13-14H2,(H,27,29)/t21-/m0/s1. The van der Waals surface area contributed by atoms with Gasteiger partial charge in [0, 0.05) is 15.6 Å². The monoisotopic (exact) mass is 461 g/mol. The first-order chi connectivity index (χ1) is 14.5. The van der Waals surface area contributed by atoms with Gasteiger partial charge in [-0.05, 0) is 29.8 Å². The summed E-state index contributed by atoms with van der Waals surface area (Å²) in [7, 11) is 0. The van der Waals surface area contributed by atoms with Crippen molar-refractivity contribution < 1.29 is 14.3 Å². The van der Waals surface area contributed by atoms with Crippen molar-refractivity contribution in [1.82, 2.24) is 5.32 Å². The van der Waals surface area contributed by atoms with Gasteiger partial charge >= 0.3 is 5.97 Å². The Morgan fingerprint density at radius 2 is 1.40 bits per heavy atom. The maximum absolute atomic E-state index is 12.7. The molecule has 0 saturated heterocycles. The van der Waals surface area contributed by atoms with Crippen molar-refractivity contribution in [2.75, 3.05) is 0 Å². The van der Waals surface area contributed by atoms with E-state index in [1.807, 2.05) is 30.3 Å². The van der Waals surface area contributed by atoms with Crippen LogP contribution in [0.4, 0.5) is 0 Å². The van der Waals surface area contributed by atoms with Crippen LogP contribution >= 0.6 is 34.8 Å². The second-order valence-electron chi connectivity index (χ2n) is 6.48. The minimum atomic E-state index is -0.593. The summed E-state index contributed by atoms with van der Waals surface area (Å²) in [6, 6.07) is 20.4. The van der Waals surface area contributed by atoms with Crippen molar-refractivity contribution in [3.05, 3.63) is 105 Å². The van der Waals surface area contributed by atoms with Gasteiger partial charge in [0.15, 0.2) is 0 Å². The second-order valence-corrected chi connectivity index (χ2v) is 7.70. The van der Waals surface area contributed by atoms with Crippen molar-refractivity contribution >= 4 is 46.7 Å².